The first kappa shape index (κ1) is 15.3. The lowest BCUT2D eigenvalue weighted by atomic mass is 9.69. The van der Waals surface area contributed by atoms with Gasteiger partial charge in [0.25, 0.3) is 0 Å². The second kappa shape index (κ2) is 5.11. The molecule has 0 saturated carbocycles. The van der Waals surface area contributed by atoms with Crippen molar-refractivity contribution in [2.24, 2.45) is 5.73 Å². The first-order valence-corrected chi connectivity index (χ1v) is 8.18. The molecule has 2 aliphatic heterocycles. The molecule has 3 N–H and O–H groups in total. The molecule has 1 amide bonds. The van der Waals surface area contributed by atoms with Gasteiger partial charge in [-0.2, -0.15) is 5.26 Å². The highest BCUT2D eigenvalue weighted by Crippen LogP contribution is 2.55. The second-order valence-electron chi connectivity index (χ2n) is 6.01. The number of likely N-dealkylation sites (N-methyl/N-ethyl adjacent to an activating group) is 1. The highest BCUT2D eigenvalue weighted by atomic mass is 16.5. The van der Waals surface area contributed by atoms with E-state index in [2.05, 4.69) is 16.3 Å². The Morgan fingerprint density at radius 1 is 1.40 bits per heavy atom. The van der Waals surface area contributed by atoms with E-state index in [-0.39, 0.29) is 23.2 Å². The van der Waals surface area contributed by atoms with E-state index < -0.39 is 5.41 Å². The number of hydrogen-bond donors (Lipinski definition) is 2. The number of carbonyl (C=O) groups is 1. The van der Waals surface area contributed by atoms with Crippen LogP contribution in [0.4, 0.5) is 5.69 Å². The molecule has 3 heterocycles. The van der Waals surface area contributed by atoms with Crippen LogP contribution >= 0.6 is 0 Å². The fourth-order valence-electron chi connectivity index (χ4n) is 3.93. The molecule has 2 aromatic rings. The molecule has 1 atom stereocenters. The summed E-state index contributed by atoms with van der Waals surface area (Å²) in [6, 6.07) is 9.62. The Kier molecular flexibility index (Phi) is 3.12. The fourth-order valence-corrected chi connectivity index (χ4v) is 3.93. The minimum absolute atomic E-state index is 0.0785. The first-order valence-electron chi connectivity index (χ1n) is 8.18. The third-order valence-electron chi connectivity index (χ3n) is 4.96. The van der Waals surface area contributed by atoms with Crippen molar-refractivity contribution in [3.05, 3.63) is 52.5 Å². The summed E-state index contributed by atoms with van der Waals surface area (Å²) in [6.07, 6.45) is 0.619. The number of nitrogens with two attached hydrogens (primary N) is 1. The second-order valence-corrected chi connectivity index (χ2v) is 6.01. The maximum atomic E-state index is 13.6. The Bertz CT molecular complexity index is 968. The van der Waals surface area contributed by atoms with Gasteiger partial charge in [0.15, 0.2) is 0 Å². The van der Waals surface area contributed by atoms with Gasteiger partial charge in [-0.1, -0.05) is 25.1 Å². The number of aromatic nitrogens is 2. The van der Waals surface area contributed by atoms with Gasteiger partial charge in [0.1, 0.15) is 17.1 Å². The summed E-state index contributed by atoms with van der Waals surface area (Å²) in [7, 11) is 0. The van der Waals surface area contributed by atoms with Crippen LogP contribution in [0.1, 0.15) is 30.7 Å². The van der Waals surface area contributed by atoms with Gasteiger partial charge < -0.3 is 15.4 Å². The van der Waals surface area contributed by atoms with Gasteiger partial charge in [0.05, 0.1) is 5.56 Å². The number of nitrogens with one attached hydrogen (secondary N) is 1. The number of aromatic amines is 1. The molecule has 0 saturated heterocycles. The van der Waals surface area contributed by atoms with Crippen LogP contribution in [0.2, 0.25) is 0 Å². The zero-order valence-corrected chi connectivity index (χ0v) is 14.0. The van der Waals surface area contributed by atoms with Crippen LogP contribution in [-0.4, -0.2) is 22.6 Å². The van der Waals surface area contributed by atoms with Crippen molar-refractivity contribution in [2.45, 2.75) is 25.7 Å². The summed E-state index contributed by atoms with van der Waals surface area (Å²) in [5, 5.41) is 17.0. The van der Waals surface area contributed by atoms with Gasteiger partial charge in [-0.05, 0) is 19.4 Å². The van der Waals surface area contributed by atoms with E-state index >= 15 is 0 Å². The Balaban J connectivity index is 2.17. The van der Waals surface area contributed by atoms with Gasteiger partial charge >= 0.3 is 0 Å². The maximum absolute atomic E-state index is 13.6. The molecule has 2 aliphatic rings. The van der Waals surface area contributed by atoms with Gasteiger partial charge in [-0.25, -0.2) is 0 Å². The van der Waals surface area contributed by atoms with Crippen LogP contribution in [0.15, 0.2) is 35.7 Å². The van der Waals surface area contributed by atoms with Gasteiger partial charge in [-0.3, -0.25) is 9.89 Å². The molecule has 25 heavy (non-hydrogen) atoms. The first-order chi connectivity index (χ1) is 12.1. The monoisotopic (exact) mass is 335 g/mol. The van der Waals surface area contributed by atoms with Crippen molar-refractivity contribution in [1.82, 2.24) is 10.2 Å². The number of anilines is 1. The molecule has 1 aromatic carbocycles. The number of H-pyrrole nitrogens is 1. The number of rotatable bonds is 2. The molecule has 1 spiro atoms. The van der Waals surface area contributed by atoms with Crippen LogP contribution in [0, 0.1) is 11.3 Å². The molecular formula is C18H17N5O2. The lowest BCUT2D eigenvalue weighted by molar-refractivity contribution is -0.120. The normalized spacial score (nSPS) is 21.2. The lowest BCUT2D eigenvalue weighted by Gasteiger charge is -2.32. The molecule has 7 heteroatoms. The highest BCUT2D eigenvalue weighted by molar-refractivity contribution is 6.14. The topological polar surface area (TPSA) is 108 Å². The molecule has 1 aromatic heterocycles. The number of amides is 1. The number of hydrogen-bond acceptors (Lipinski definition) is 5. The summed E-state index contributed by atoms with van der Waals surface area (Å²) < 4.78 is 5.56. The number of ether oxygens (including phenoxy) is 1. The van der Waals surface area contributed by atoms with Crippen LogP contribution in [-0.2, 0) is 16.6 Å². The number of nitrogens with zero attached hydrogens (tertiary/aromatic N) is 3. The molecule has 0 aliphatic carbocycles. The standard InChI is InChI=1S/C18H17N5O2/c1-3-12-14-16(22-21-12)25-15(20)11(9-19)18(14)10-7-5-6-8-13(10)23(4-2)17(18)24/h5-8H,3-4,20H2,1-2H3,(H,21,22)/t18-/m0/s1. The Hall–Kier alpha value is -3.27. The van der Waals surface area contributed by atoms with Crippen LogP contribution in [0.25, 0.3) is 0 Å². The number of benzene rings is 1. The van der Waals surface area contributed by atoms with E-state index in [0.29, 0.717) is 18.5 Å². The minimum atomic E-state index is -1.31. The molecule has 126 valence electrons. The van der Waals surface area contributed by atoms with Crippen molar-refractivity contribution < 1.29 is 9.53 Å². The zero-order valence-electron chi connectivity index (χ0n) is 14.0. The Morgan fingerprint density at radius 2 is 2.16 bits per heavy atom. The van der Waals surface area contributed by atoms with Crippen LogP contribution < -0.4 is 15.4 Å². The number of nitriles is 1. The maximum Gasteiger partial charge on any atom is 0.247 e. The predicted octanol–water partition coefficient (Wildman–Crippen LogP) is 1.71. The van der Waals surface area contributed by atoms with Gasteiger partial charge in [0, 0.05) is 23.5 Å². The van der Waals surface area contributed by atoms with Crippen molar-refractivity contribution >= 4 is 11.6 Å². The third-order valence-corrected chi connectivity index (χ3v) is 4.96. The van der Waals surface area contributed by atoms with Crippen molar-refractivity contribution in [3.63, 3.8) is 0 Å². The quantitative estimate of drug-likeness (QED) is 0.868. The summed E-state index contributed by atoms with van der Waals surface area (Å²) in [6.45, 7) is 4.35. The number of fused-ring (bicyclic) bond motifs is 4. The highest BCUT2D eigenvalue weighted by Gasteiger charge is 2.60. The average molecular weight is 335 g/mol. The molecule has 7 nitrogen and oxygen atoms in total. The van der Waals surface area contributed by atoms with Gasteiger partial charge in [0.2, 0.25) is 17.7 Å². The summed E-state index contributed by atoms with van der Waals surface area (Å²) in [4.78, 5) is 15.3. The number of aryl methyl sites for hydroxylation is 1. The molecule has 0 unspecified atom stereocenters. The smallest absolute Gasteiger partial charge is 0.247 e. The minimum Gasteiger partial charge on any atom is -0.420 e. The molecule has 4 rings (SSSR count). The molecule has 0 fully saturated rings. The fraction of sp³-hybridized carbons (Fsp3) is 0.278. The van der Waals surface area contributed by atoms with E-state index in [1.807, 2.05) is 38.1 Å². The summed E-state index contributed by atoms with van der Waals surface area (Å²) >= 11 is 0. The van der Waals surface area contributed by atoms with E-state index in [1.165, 1.54) is 0 Å². The Morgan fingerprint density at radius 3 is 2.84 bits per heavy atom. The number of para-hydroxylation sites is 1. The van der Waals surface area contributed by atoms with E-state index in [4.69, 9.17) is 10.5 Å². The molecule has 0 bridgehead atoms. The molecular weight excluding hydrogens is 318 g/mol. The van der Waals surface area contributed by atoms with Crippen molar-refractivity contribution in [2.75, 3.05) is 11.4 Å². The average Bonchev–Trinajstić information content (AvgIpc) is 3.13. The summed E-state index contributed by atoms with van der Waals surface area (Å²) in [5.41, 5.74) is 7.71. The van der Waals surface area contributed by atoms with Crippen molar-refractivity contribution in [3.8, 4) is 11.9 Å². The summed E-state index contributed by atoms with van der Waals surface area (Å²) in [5.74, 6) is -0.0175. The van der Waals surface area contributed by atoms with Crippen LogP contribution in [0.5, 0.6) is 5.88 Å². The van der Waals surface area contributed by atoms with E-state index in [9.17, 15) is 10.1 Å². The largest absolute Gasteiger partial charge is 0.420 e. The van der Waals surface area contributed by atoms with Gasteiger partial charge in [-0.15, -0.1) is 5.10 Å². The lowest BCUT2D eigenvalue weighted by Crippen LogP contribution is -2.46. The Labute approximate surface area is 144 Å². The zero-order chi connectivity index (χ0) is 17.8. The van der Waals surface area contributed by atoms with E-state index in [1.54, 1.807) is 4.90 Å². The van der Waals surface area contributed by atoms with Crippen LogP contribution in [0.3, 0.4) is 0 Å². The molecule has 0 radical (unpaired) electrons. The predicted molar refractivity (Wildman–Crippen MR) is 90.7 cm³/mol. The van der Waals surface area contributed by atoms with E-state index in [0.717, 1.165) is 16.9 Å². The van der Waals surface area contributed by atoms with Crippen molar-refractivity contribution in [1.29, 1.82) is 5.26 Å². The third kappa shape index (κ3) is 1.63. The SMILES string of the molecule is CCc1[nH]nc2c1[C@@]1(C(=O)N(CC)c3ccccc31)C(C#N)=C(N)O2. The number of carbonyl (C=O) groups excluding carboxylic acids is 1.